The molecule has 1 unspecified atom stereocenters. The first-order valence-electron chi connectivity index (χ1n) is 5.62. The third-order valence-corrected chi connectivity index (χ3v) is 3.80. The van der Waals surface area contributed by atoms with Crippen LogP contribution in [0, 0.1) is 0 Å². The van der Waals surface area contributed by atoms with Crippen LogP contribution in [0.4, 0.5) is 0 Å². The molecule has 1 aliphatic rings. The number of nitrogens with one attached hydrogen (secondary N) is 1. The van der Waals surface area contributed by atoms with Crippen molar-refractivity contribution in [2.45, 2.75) is 18.8 Å². The summed E-state index contributed by atoms with van der Waals surface area (Å²) >= 11 is 3.44. The highest BCUT2D eigenvalue weighted by Crippen LogP contribution is 2.28. The molecule has 6 heteroatoms. The number of piperidine rings is 1. The molecule has 1 aliphatic heterocycles. The van der Waals surface area contributed by atoms with E-state index < -0.39 is 0 Å². The summed E-state index contributed by atoms with van der Waals surface area (Å²) in [6.07, 6.45) is 2.59. The van der Waals surface area contributed by atoms with Crippen molar-refractivity contribution in [3.63, 3.8) is 0 Å². The maximum atomic E-state index is 11.9. The van der Waals surface area contributed by atoms with Crippen molar-refractivity contribution >= 4 is 33.3 Å². The van der Waals surface area contributed by atoms with Gasteiger partial charge in [0, 0.05) is 10.9 Å². The second-order valence-electron chi connectivity index (χ2n) is 4.24. The SMILES string of the molecule is O=C1CCC(c2ccc(Br)c3ccnn23)C(=O)N1. The van der Waals surface area contributed by atoms with E-state index in [-0.39, 0.29) is 17.7 Å². The zero-order valence-electron chi connectivity index (χ0n) is 9.39. The molecule has 2 aromatic heterocycles. The molecule has 0 saturated carbocycles. The van der Waals surface area contributed by atoms with Gasteiger partial charge in [-0.25, -0.2) is 4.52 Å². The second-order valence-corrected chi connectivity index (χ2v) is 5.09. The van der Waals surface area contributed by atoms with Gasteiger partial charge in [0.15, 0.2) is 0 Å². The van der Waals surface area contributed by atoms with Crippen molar-refractivity contribution < 1.29 is 9.59 Å². The van der Waals surface area contributed by atoms with E-state index in [4.69, 9.17) is 0 Å². The molecular weight excluding hydrogens is 298 g/mol. The maximum Gasteiger partial charge on any atom is 0.235 e. The number of nitrogens with zero attached hydrogens (tertiary/aromatic N) is 2. The first-order chi connectivity index (χ1) is 8.66. The van der Waals surface area contributed by atoms with Crippen LogP contribution in [0.1, 0.15) is 24.5 Å². The van der Waals surface area contributed by atoms with Gasteiger partial charge < -0.3 is 0 Å². The van der Waals surface area contributed by atoms with Gasteiger partial charge in [-0.2, -0.15) is 5.10 Å². The number of carbonyl (C=O) groups is 2. The van der Waals surface area contributed by atoms with E-state index in [1.165, 1.54) is 0 Å². The molecule has 3 heterocycles. The highest BCUT2D eigenvalue weighted by Gasteiger charge is 2.29. The molecule has 3 rings (SSSR count). The largest absolute Gasteiger partial charge is 0.296 e. The predicted octanol–water partition coefficient (Wildman–Crippen LogP) is 1.62. The van der Waals surface area contributed by atoms with Crippen molar-refractivity contribution in [2.75, 3.05) is 0 Å². The summed E-state index contributed by atoms with van der Waals surface area (Å²) in [6, 6.07) is 5.64. The Morgan fingerprint density at radius 2 is 2.17 bits per heavy atom. The van der Waals surface area contributed by atoms with Crippen LogP contribution < -0.4 is 5.32 Å². The molecule has 5 nitrogen and oxygen atoms in total. The van der Waals surface area contributed by atoms with E-state index in [9.17, 15) is 9.59 Å². The van der Waals surface area contributed by atoms with Gasteiger partial charge in [-0.1, -0.05) is 0 Å². The lowest BCUT2D eigenvalue weighted by molar-refractivity contribution is -0.134. The fourth-order valence-electron chi connectivity index (χ4n) is 2.24. The average molecular weight is 308 g/mol. The van der Waals surface area contributed by atoms with E-state index in [1.54, 1.807) is 10.7 Å². The molecule has 1 saturated heterocycles. The maximum absolute atomic E-state index is 11.9. The van der Waals surface area contributed by atoms with Crippen LogP contribution in [-0.4, -0.2) is 21.4 Å². The number of imide groups is 1. The minimum Gasteiger partial charge on any atom is -0.296 e. The summed E-state index contributed by atoms with van der Waals surface area (Å²) < 4.78 is 2.67. The summed E-state index contributed by atoms with van der Waals surface area (Å²) in [5.41, 5.74) is 1.72. The van der Waals surface area contributed by atoms with Crippen LogP contribution in [0.15, 0.2) is 28.9 Å². The standard InChI is InChI=1S/C12H10BrN3O2/c13-8-2-3-9(16-10(8)5-6-14-16)7-1-4-11(17)15-12(7)18/h2-3,5-7H,1,4H2,(H,15,17,18). The molecule has 1 atom stereocenters. The molecule has 0 aliphatic carbocycles. The van der Waals surface area contributed by atoms with Crippen LogP contribution in [0.3, 0.4) is 0 Å². The predicted molar refractivity (Wildman–Crippen MR) is 68.0 cm³/mol. The molecule has 0 bridgehead atoms. The third-order valence-electron chi connectivity index (χ3n) is 3.13. The number of aromatic nitrogens is 2. The summed E-state index contributed by atoms with van der Waals surface area (Å²) in [4.78, 5) is 23.0. The Kier molecular flexibility index (Phi) is 2.66. The first-order valence-corrected chi connectivity index (χ1v) is 6.42. The lowest BCUT2D eigenvalue weighted by atomic mass is 9.94. The zero-order valence-corrected chi connectivity index (χ0v) is 11.0. The van der Waals surface area contributed by atoms with Crippen molar-refractivity contribution in [1.29, 1.82) is 0 Å². The van der Waals surface area contributed by atoms with Crippen molar-refractivity contribution in [1.82, 2.24) is 14.9 Å². The van der Waals surface area contributed by atoms with Gasteiger partial charge >= 0.3 is 0 Å². The summed E-state index contributed by atoms with van der Waals surface area (Å²) in [5.74, 6) is -0.770. The fraction of sp³-hybridized carbons (Fsp3) is 0.250. The molecule has 1 fully saturated rings. The quantitative estimate of drug-likeness (QED) is 0.814. The van der Waals surface area contributed by atoms with Crippen LogP contribution in [0.2, 0.25) is 0 Å². The van der Waals surface area contributed by atoms with Gasteiger partial charge in [0.05, 0.1) is 23.3 Å². The Labute approximate surface area is 111 Å². The number of carbonyl (C=O) groups excluding carboxylic acids is 2. The van der Waals surface area contributed by atoms with Crippen LogP contribution in [0.5, 0.6) is 0 Å². The second kappa shape index (κ2) is 4.20. The lowest BCUT2D eigenvalue weighted by Crippen LogP contribution is -2.40. The molecule has 2 amide bonds. The van der Waals surface area contributed by atoms with Gasteiger partial charge in [0.1, 0.15) is 0 Å². The number of pyridine rings is 1. The zero-order chi connectivity index (χ0) is 12.7. The van der Waals surface area contributed by atoms with Crippen LogP contribution in [-0.2, 0) is 9.59 Å². The number of fused-ring (bicyclic) bond motifs is 1. The van der Waals surface area contributed by atoms with Crippen LogP contribution in [0.25, 0.3) is 5.52 Å². The smallest absolute Gasteiger partial charge is 0.235 e. The number of amides is 2. The van der Waals surface area contributed by atoms with E-state index >= 15 is 0 Å². The Morgan fingerprint density at radius 1 is 1.33 bits per heavy atom. The van der Waals surface area contributed by atoms with Crippen LogP contribution >= 0.6 is 15.9 Å². The van der Waals surface area contributed by atoms with Gasteiger partial charge in [-0.3, -0.25) is 14.9 Å². The first kappa shape index (κ1) is 11.4. The Morgan fingerprint density at radius 3 is 2.94 bits per heavy atom. The summed E-state index contributed by atoms with van der Waals surface area (Å²) in [6.45, 7) is 0. The monoisotopic (exact) mass is 307 g/mol. The van der Waals surface area contributed by atoms with E-state index in [0.717, 1.165) is 15.7 Å². The normalized spacial score (nSPS) is 20.2. The minimum absolute atomic E-state index is 0.204. The Balaban J connectivity index is 2.09. The Bertz CT molecular complexity index is 650. The number of rotatable bonds is 1. The van der Waals surface area contributed by atoms with Gasteiger partial charge in [0.25, 0.3) is 0 Å². The Hall–Kier alpha value is -1.69. The van der Waals surface area contributed by atoms with Crippen molar-refractivity contribution in [3.05, 3.63) is 34.6 Å². The molecule has 0 aromatic carbocycles. The molecule has 18 heavy (non-hydrogen) atoms. The van der Waals surface area contributed by atoms with Crippen molar-refractivity contribution in [3.8, 4) is 0 Å². The molecule has 0 spiro atoms. The molecule has 2 aromatic rings. The number of halogens is 1. The summed E-state index contributed by atoms with van der Waals surface area (Å²) in [5, 5.41) is 6.60. The fourth-order valence-corrected chi connectivity index (χ4v) is 2.68. The molecular formula is C12H10BrN3O2. The van der Waals surface area contributed by atoms with Gasteiger partial charge in [-0.05, 0) is 40.5 Å². The topological polar surface area (TPSA) is 63.5 Å². The van der Waals surface area contributed by atoms with E-state index in [1.807, 2.05) is 18.2 Å². The van der Waals surface area contributed by atoms with Gasteiger partial charge in [-0.15, -0.1) is 0 Å². The molecule has 0 radical (unpaired) electrons. The van der Waals surface area contributed by atoms with E-state index in [2.05, 4.69) is 26.3 Å². The number of hydrogen-bond donors (Lipinski definition) is 1. The highest BCUT2D eigenvalue weighted by atomic mass is 79.9. The number of hydrogen-bond acceptors (Lipinski definition) is 3. The third kappa shape index (κ3) is 1.73. The highest BCUT2D eigenvalue weighted by molar-refractivity contribution is 9.10. The molecule has 92 valence electrons. The molecule has 1 N–H and O–H groups in total. The van der Waals surface area contributed by atoms with Crippen molar-refractivity contribution in [2.24, 2.45) is 0 Å². The van der Waals surface area contributed by atoms with E-state index in [0.29, 0.717) is 12.8 Å². The summed E-state index contributed by atoms with van der Waals surface area (Å²) in [7, 11) is 0. The average Bonchev–Trinajstić information content (AvgIpc) is 2.81. The lowest BCUT2D eigenvalue weighted by Gasteiger charge is -2.21. The van der Waals surface area contributed by atoms with Gasteiger partial charge in [0.2, 0.25) is 11.8 Å². The minimum atomic E-state index is -0.321.